The first-order valence-corrected chi connectivity index (χ1v) is 13.5. The highest BCUT2D eigenvalue weighted by molar-refractivity contribution is 6.35. The van der Waals surface area contributed by atoms with Crippen LogP contribution in [0.4, 0.5) is 5.69 Å². The quantitative estimate of drug-likeness (QED) is 0.366. The number of nitrogens with zero attached hydrogens (tertiary/aromatic N) is 1. The van der Waals surface area contributed by atoms with Gasteiger partial charge in [0, 0.05) is 57.0 Å². The molecule has 0 amide bonds. The fraction of sp³-hybridized carbons (Fsp3) is 0.387. The minimum Gasteiger partial charge on any atom is -0.465 e. The van der Waals surface area contributed by atoms with E-state index in [4.69, 9.17) is 27.9 Å². The average molecular weight is 552 g/mol. The third-order valence-corrected chi connectivity index (χ3v) is 8.12. The SMILES string of the molecule is COC(=O)c1ccc(C2C3=C(CC(C)(C)CC3=O)N(c3cc(Cl)cc(Cl)c3)C3=C2C(=O)CC(C)(C)C3)cc1. The van der Waals surface area contributed by atoms with Gasteiger partial charge >= 0.3 is 5.97 Å². The van der Waals surface area contributed by atoms with E-state index >= 15 is 0 Å². The van der Waals surface area contributed by atoms with Crippen LogP contribution in [0.2, 0.25) is 10.0 Å². The van der Waals surface area contributed by atoms with Gasteiger partial charge < -0.3 is 9.64 Å². The summed E-state index contributed by atoms with van der Waals surface area (Å²) in [6.45, 7) is 8.38. The van der Waals surface area contributed by atoms with E-state index in [9.17, 15) is 14.4 Å². The Morgan fingerprint density at radius 3 is 1.74 bits per heavy atom. The Morgan fingerprint density at radius 1 is 0.816 bits per heavy atom. The monoisotopic (exact) mass is 551 g/mol. The van der Waals surface area contributed by atoms with E-state index in [1.807, 2.05) is 24.3 Å². The van der Waals surface area contributed by atoms with Crippen LogP contribution in [-0.2, 0) is 14.3 Å². The van der Waals surface area contributed by atoms with Crippen molar-refractivity contribution in [3.8, 4) is 0 Å². The van der Waals surface area contributed by atoms with E-state index in [1.165, 1.54) is 7.11 Å². The van der Waals surface area contributed by atoms with Crippen LogP contribution in [0.5, 0.6) is 0 Å². The summed E-state index contributed by atoms with van der Waals surface area (Å²) in [6, 6.07) is 12.4. The number of esters is 1. The molecule has 5 rings (SSSR count). The standard InChI is InChI=1S/C31H31Cl2NO4/c1-30(2)13-22-27(24(35)15-30)26(17-6-8-18(9-7-17)29(37)38-5)28-23(14-31(3,4)16-25(28)36)34(22)21-11-19(32)10-20(33)12-21/h6-12,26H,13-16H2,1-5H3. The van der Waals surface area contributed by atoms with Gasteiger partial charge in [0.15, 0.2) is 11.6 Å². The maximum absolute atomic E-state index is 13.9. The van der Waals surface area contributed by atoms with Crippen LogP contribution in [-0.4, -0.2) is 24.6 Å². The minimum atomic E-state index is -0.509. The average Bonchev–Trinajstić information content (AvgIpc) is 2.80. The van der Waals surface area contributed by atoms with E-state index in [2.05, 4.69) is 32.6 Å². The molecule has 0 radical (unpaired) electrons. The van der Waals surface area contributed by atoms with Gasteiger partial charge in [0.05, 0.1) is 12.7 Å². The van der Waals surface area contributed by atoms with Crippen molar-refractivity contribution in [2.24, 2.45) is 10.8 Å². The Balaban J connectivity index is 1.80. The first-order chi connectivity index (χ1) is 17.8. The number of carbonyl (C=O) groups excluding carboxylic acids is 3. The summed E-state index contributed by atoms with van der Waals surface area (Å²) in [4.78, 5) is 42.0. The summed E-state index contributed by atoms with van der Waals surface area (Å²) in [6.07, 6.45) is 2.07. The zero-order valence-electron chi connectivity index (χ0n) is 22.3. The van der Waals surface area contributed by atoms with Gasteiger partial charge in [-0.2, -0.15) is 0 Å². The van der Waals surface area contributed by atoms with Crippen LogP contribution in [0.3, 0.4) is 0 Å². The summed E-state index contributed by atoms with van der Waals surface area (Å²) in [5.74, 6) is -0.888. The smallest absolute Gasteiger partial charge is 0.337 e. The normalized spacial score (nSPS) is 20.9. The highest BCUT2D eigenvalue weighted by Gasteiger charge is 2.49. The number of carbonyl (C=O) groups is 3. The maximum atomic E-state index is 13.9. The van der Waals surface area contributed by atoms with Gasteiger partial charge in [-0.3, -0.25) is 9.59 Å². The summed E-state index contributed by atoms with van der Waals surface area (Å²) in [7, 11) is 1.34. The summed E-state index contributed by atoms with van der Waals surface area (Å²) in [5, 5.41) is 0.972. The Bertz CT molecular complexity index is 1360. The van der Waals surface area contributed by atoms with Gasteiger partial charge in [0.2, 0.25) is 0 Å². The van der Waals surface area contributed by atoms with Gasteiger partial charge in [0.25, 0.3) is 0 Å². The summed E-state index contributed by atoms with van der Waals surface area (Å²) in [5.41, 5.74) is 4.49. The van der Waals surface area contributed by atoms with Crippen LogP contribution in [0.1, 0.15) is 75.2 Å². The van der Waals surface area contributed by atoms with Gasteiger partial charge in [0.1, 0.15) is 0 Å². The zero-order valence-corrected chi connectivity index (χ0v) is 23.8. The van der Waals surface area contributed by atoms with E-state index < -0.39 is 11.9 Å². The molecule has 5 nitrogen and oxygen atoms in total. The zero-order chi connectivity index (χ0) is 27.6. The highest BCUT2D eigenvalue weighted by atomic mass is 35.5. The van der Waals surface area contributed by atoms with Crippen molar-refractivity contribution in [3.63, 3.8) is 0 Å². The van der Waals surface area contributed by atoms with Crippen LogP contribution in [0.25, 0.3) is 0 Å². The lowest BCUT2D eigenvalue weighted by Gasteiger charge is -2.49. The molecule has 2 aliphatic carbocycles. The lowest BCUT2D eigenvalue weighted by Crippen LogP contribution is -2.44. The molecule has 0 saturated heterocycles. The molecular weight excluding hydrogens is 521 g/mol. The first-order valence-electron chi connectivity index (χ1n) is 12.8. The van der Waals surface area contributed by atoms with Crippen LogP contribution >= 0.6 is 23.2 Å². The van der Waals surface area contributed by atoms with E-state index in [-0.39, 0.29) is 22.4 Å². The molecule has 1 aliphatic heterocycles. The Kier molecular flexibility index (Phi) is 6.60. The van der Waals surface area contributed by atoms with E-state index in [0.717, 1.165) is 22.6 Å². The predicted molar refractivity (Wildman–Crippen MR) is 150 cm³/mol. The molecule has 0 N–H and O–H groups in total. The lowest BCUT2D eigenvalue weighted by molar-refractivity contribution is -0.119. The second-order valence-corrected chi connectivity index (χ2v) is 13.0. The van der Waals surface area contributed by atoms with Crippen molar-refractivity contribution in [1.29, 1.82) is 0 Å². The Labute approximate surface area is 233 Å². The third-order valence-electron chi connectivity index (χ3n) is 7.68. The molecule has 3 aliphatic rings. The number of rotatable bonds is 3. The first kappa shape index (κ1) is 26.7. The Hall–Kier alpha value is -2.89. The number of allylic oxidation sites excluding steroid dienone is 4. The predicted octanol–water partition coefficient (Wildman–Crippen LogP) is 7.67. The fourth-order valence-corrected chi connectivity index (χ4v) is 6.72. The van der Waals surface area contributed by atoms with Gasteiger partial charge in [-0.25, -0.2) is 4.79 Å². The number of benzene rings is 2. The number of methoxy groups -OCH3 is 1. The number of ketones is 2. The second kappa shape index (κ2) is 9.39. The summed E-state index contributed by atoms with van der Waals surface area (Å²) < 4.78 is 4.86. The minimum absolute atomic E-state index is 0.0283. The van der Waals surface area contributed by atoms with E-state index in [0.29, 0.717) is 52.4 Å². The largest absolute Gasteiger partial charge is 0.465 e. The molecule has 0 bridgehead atoms. The van der Waals surface area contributed by atoms with Crippen molar-refractivity contribution in [1.82, 2.24) is 0 Å². The molecule has 2 aromatic rings. The van der Waals surface area contributed by atoms with Gasteiger partial charge in [-0.05, 0) is 59.6 Å². The molecule has 0 spiro atoms. The molecular formula is C31H31Cl2NO4. The second-order valence-electron chi connectivity index (χ2n) is 12.1. The molecule has 0 atom stereocenters. The third kappa shape index (κ3) is 4.71. The van der Waals surface area contributed by atoms with Crippen LogP contribution < -0.4 is 4.90 Å². The van der Waals surface area contributed by atoms with Gasteiger partial charge in [-0.1, -0.05) is 63.0 Å². The maximum Gasteiger partial charge on any atom is 0.337 e. The Morgan fingerprint density at radius 2 is 1.29 bits per heavy atom. The van der Waals surface area contributed by atoms with Crippen LogP contribution in [0.15, 0.2) is 65.0 Å². The van der Waals surface area contributed by atoms with Crippen molar-refractivity contribution in [2.75, 3.05) is 12.0 Å². The number of hydrogen-bond donors (Lipinski definition) is 0. The summed E-state index contributed by atoms with van der Waals surface area (Å²) >= 11 is 12.9. The molecule has 0 aromatic heterocycles. The number of hydrogen-bond acceptors (Lipinski definition) is 5. The topological polar surface area (TPSA) is 63.7 Å². The van der Waals surface area contributed by atoms with Gasteiger partial charge in [-0.15, -0.1) is 0 Å². The van der Waals surface area contributed by atoms with Crippen molar-refractivity contribution < 1.29 is 19.1 Å². The highest BCUT2D eigenvalue weighted by Crippen LogP contribution is 2.55. The molecule has 0 fully saturated rings. The molecule has 0 saturated carbocycles. The number of anilines is 1. The number of halogens is 2. The molecule has 7 heteroatoms. The molecule has 38 heavy (non-hydrogen) atoms. The fourth-order valence-electron chi connectivity index (χ4n) is 6.21. The molecule has 198 valence electrons. The molecule has 1 heterocycles. The lowest BCUT2D eigenvalue weighted by atomic mass is 9.63. The van der Waals surface area contributed by atoms with Crippen LogP contribution in [0, 0.1) is 10.8 Å². The van der Waals surface area contributed by atoms with E-state index in [1.54, 1.807) is 18.2 Å². The van der Waals surface area contributed by atoms with Crippen molar-refractivity contribution in [2.45, 2.75) is 59.3 Å². The number of ether oxygens (including phenoxy) is 1. The number of Topliss-reactive ketones (excluding diaryl/α,β-unsaturated/α-hetero) is 2. The van der Waals surface area contributed by atoms with Crippen molar-refractivity contribution in [3.05, 3.63) is 86.2 Å². The molecule has 2 aromatic carbocycles. The molecule has 0 unspecified atom stereocenters. The van der Waals surface area contributed by atoms with Crippen molar-refractivity contribution >= 4 is 46.4 Å².